The number of ether oxygens (including phenoxy) is 1. The fraction of sp³-hybridized carbons (Fsp3) is 0.900. The molecule has 0 aromatic carbocycles. The maximum absolute atomic E-state index is 10.9. The van der Waals surface area contributed by atoms with Crippen LogP contribution in [0.2, 0.25) is 0 Å². The van der Waals surface area contributed by atoms with Gasteiger partial charge in [0.15, 0.2) is 0 Å². The van der Waals surface area contributed by atoms with E-state index in [1.54, 1.807) is 7.11 Å². The summed E-state index contributed by atoms with van der Waals surface area (Å²) in [5.74, 6) is -0.757. The number of nitrogens with one attached hydrogen (secondary N) is 1. The van der Waals surface area contributed by atoms with Crippen molar-refractivity contribution in [3.63, 3.8) is 0 Å². The molecule has 0 saturated carbocycles. The largest absolute Gasteiger partial charge is 0.480 e. The van der Waals surface area contributed by atoms with Gasteiger partial charge in [0.2, 0.25) is 0 Å². The first-order valence-corrected chi connectivity index (χ1v) is 4.79. The van der Waals surface area contributed by atoms with Gasteiger partial charge in [-0.1, -0.05) is 13.8 Å². The predicted octanol–water partition coefficient (Wildman–Crippen LogP) is 1.11. The van der Waals surface area contributed by atoms with Gasteiger partial charge >= 0.3 is 5.97 Å². The molecule has 0 heterocycles. The second kappa shape index (κ2) is 5.32. The van der Waals surface area contributed by atoms with Gasteiger partial charge in [0.05, 0.1) is 6.61 Å². The molecule has 0 saturated heterocycles. The van der Waals surface area contributed by atoms with Crippen molar-refractivity contribution in [3.8, 4) is 0 Å². The Morgan fingerprint density at radius 1 is 1.50 bits per heavy atom. The number of carboxylic acids is 1. The maximum atomic E-state index is 10.9. The number of carboxylic acid groups (broad SMARTS) is 1. The van der Waals surface area contributed by atoms with Crippen molar-refractivity contribution in [2.45, 2.75) is 39.3 Å². The summed E-state index contributed by atoms with van der Waals surface area (Å²) in [4.78, 5) is 10.9. The van der Waals surface area contributed by atoms with Crippen LogP contribution in [0.4, 0.5) is 0 Å². The molecule has 0 aliphatic carbocycles. The number of methoxy groups -OCH3 is 1. The van der Waals surface area contributed by atoms with E-state index < -0.39 is 12.0 Å². The van der Waals surface area contributed by atoms with Crippen molar-refractivity contribution in [2.75, 3.05) is 13.7 Å². The third-order valence-corrected chi connectivity index (χ3v) is 1.98. The highest BCUT2D eigenvalue weighted by Gasteiger charge is 2.28. The number of hydrogen-bond acceptors (Lipinski definition) is 3. The third-order valence-electron chi connectivity index (χ3n) is 1.98. The van der Waals surface area contributed by atoms with Crippen LogP contribution < -0.4 is 5.32 Å². The van der Waals surface area contributed by atoms with Gasteiger partial charge < -0.3 is 9.84 Å². The Morgan fingerprint density at radius 3 is 2.29 bits per heavy atom. The Hall–Kier alpha value is -0.610. The second-order valence-electron chi connectivity index (χ2n) is 4.52. The van der Waals surface area contributed by atoms with E-state index in [0.717, 1.165) is 0 Å². The van der Waals surface area contributed by atoms with E-state index in [9.17, 15) is 4.79 Å². The van der Waals surface area contributed by atoms with E-state index in [1.165, 1.54) is 0 Å². The Labute approximate surface area is 85.6 Å². The van der Waals surface area contributed by atoms with Gasteiger partial charge in [0, 0.05) is 12.6 Å². The summed E-state index contributed by atoms with van der Waals surface area (Å²) in [5, 5.41) is 12.0. The average molecular weight is 203 g/mol. The van der Waals surface area contributed by atoms with Crippen LogP contribution in [0, 0.1) is 5.92 Å². The predicted molar refractivity (Wildman–Crippen MR) is 55.4 cm³/mol. The average Bonchev–Trinajstić information content (AvgIpc) is 1.99. The minimum Gasteiger partial charge on any atom is -0.480 e. The fourth-order valence-electron chi connectivity index (χ4n) is 1.34. The molecular formula is C10H21NO3. The van der Waals surface area contributed by atoms with E-state index in [2.05, 4.69) is 5.32 Å². The summed E-state index contributed by atoms with van der Waals surface area (Å²) in [5.41, 5.74) is -0.317. The molecule has 1 unspecified atom stereocenters. The highest BCUT2D eigenvalue weighted by molar-refractivity contribution is 5.73. The maximum Gasteiger partial charge on any atom is 0.320 e. The van der Waals surface area contributed by atoms with Crippen molar-refractivity contribution in [1.82, 2.24) is 5.32 Å². The molecule has 0 amide bonds. The van der Waals surface area contributed by atoms with Crippen molar-refractivity contribution in [3.05, 3.63) is 0 Å². The monoisotopic (exact) mass is 203 g/mol. The molecular weight excluding hydrogens is 182 g/mol. The van der Waals surface area contributed by atoms with Gasteiger partial charge in [0.1, 0.15) is 6.04 Å². The van der Waals surface area contributed by atoms with Crippen molar-refractivity contribution in [2.24, 2.45) is 5.92 Å². The molecule has 14 heavy (non-hydrogen) atoms. The quantitative estimate of drug-likeness (QED) is 0.679. The summed E-state index contributed by atoms with van der Waals surface area (Å²) < 4.78 is 5.01. The topological polar surface area (TPSA) is 58.6 Å². The van der Waals surface area contributed by atoms with Crippen LogP contribution >= 0.6 is 0 Å². The molecule has 0 aromatic rings. The first-order chi connectivity index (χ1) is 6.30. The van der Waals surface area contributed by atoms with Crippen molar-refractivity contribution in [1.29, 1.82) is 0 Å². The molecule has 0 aromatic heterocycles. The molecule has 4 nitrogen and oxygen atoms in total. The molecule has 0 fully saturated rings. The Kier molecular flexibility index (Phi) is 5.08. The molecule has 0 rings (SSSR count). The summed E-state index contributed by atoms with van der Waals surface area (Å²) in [6, 6.07) is -0.528. The number of aliphatic carboxylic acids is 1. The van der Waals surface area contributed by atoms with E-state index in [-0.39, 0.29) is 11.5 Å². The summed E-state index contributed by atoms with van der Waals surface area (Å²) in [6.45, 7) is 8.11. The van der Waals surface area contributed by atoms with Crippen LogP contribution in [-0.4, -0.2) is 36.4 Å². The lowest BCUT2D eigenvalue weighted by Gasteiger charge is -2.31. The van der Waals surface area contributed by atoms with Crippen molar-refractivity contribution >= 4 is 5.97 Å². The van der Waals surface area contributed by atoms with Crippen LogP contribution in [0.5, 0.6) is 0 Å². The Bertz CT molecular complexity index is 190. The number of carbonyl (C=O) groups is 1. The van der Waals surface area contributed by atoms with Gasteiger partial charge in [0.25, 0.3) is 0 Å². The molecule has 1 atom stereocenters. The van der Waals surface area contributed by atoms with Crippen molar-refractivity contribution < 1.29 is 14.6 Å². The zero-order valence-corrected chi connectivity index (χ0v) is 9.63. The molecule has 84 valence electrons. The Balaban J connectivity index is 4.36. The van der Waals surface area contributed by atoms with E-state index in [0.29, 0.717) is 6.61 Å². The van der Waals surface area contributed by atoms with Crippen LogP contribution in [0.25, 0.3) is 0 Å². The molecule has 4 heteroatoms. The standard InChI is InChI=1S/C10H21NO3/c1-7(2)8(9(12)13)11-10(3,4)6-14-5/h7-8,11H,6H2,1-5H3,(H,12,13). The SMILES string of the molecule is COCC(C)(C)NC(C(=O)O)C(C)C. The van der Waals surface area contributed by atoms with Crippen LogP contribution in [0.3, 0.4) is 0 Å². The first kappa shape index (κ1) is 13.4. The summed E-state index contributed by atoms with van der Waals surface area (Å²) in [6.07, 6.45) is 0. The molecule has 0 spiro atoms. The lowest BCUT2D eigenvalue weighted by molar-refractivity contribution is -0.141. The van der Waals surface area contributed by atoms with E-state index >= 15 is 0 Å². The van der Waals surface area contributed by atoms with Gasteiger partial charge in [-0.05, 0) is 19.8 Å². The zero-order chi connectivity index (χ0) is 11.4. The molecule has 2 N–H and O–H groups in total. The lowest BCUT2D eigenvalue weighted by Crippen LogP contribution is -2.54. The summed E-state index contributed by atoms with van der Waals surface area (Å²) >= 11 is 0. The second-order valence-corrected chi connectivity index (χ2v) is 4.52. The highest BCUT2D eigenvalue weighted by atomic mass is 16.5. The van der Waals surface area contributed by atoms with Gasteiger partial charge in [-0.25, -0.2) is 0 Å². The van der Waals surface area contributed by atoms with Crippen LogP contribution in [-0.2, 0) is 9.53 Å². The fourth-order valence-corrected chi connectivity index (χ4v) is 1.34. The normalized spacial score (nSPS) is 14.4. The molecule has 0 aliphatic heterocycles. The van der Waals surface area contributed by atoms with Crippen LogP contribution in [0.15, 0.2) is 0 Å². The molecule has 0 bridgehead atoms. The third kappa shape index (κ3) is 4.58. The van der Waals surface area contributed by atoms with Gasteiger partial charge in [-0.3, -0.25) is 10.1 Å². The Morgan fingerprint density at radius 2 is 2.00 bits per heavy atom. The highest BCUT2D eigenvalue weighted by Crippen LogP contribution is 2.09. The molecule has 0 radical (unpaired) electrons. The summed E-state index contributed by atoms with van der Waals surface area (Å²) in [7, 11) is 1.61. The number of hydrogen-bond donors (Lipinski definition) is 2. The van der Waals surface area contributed by atoms with E-state index in [1.807, 2.05) is 27.7 Å². The number of rotatable bonds is 6. The zero-order valence-electron chi connectivity index (χ0n) is 9.63. The minimum absolute atomic E-state index is 0.0589. The van der Waals surface area contributed by atoms with Gasteiger partial charge in [-0.2, -0.15) is 0 Å². The van der Waals surface area contributed by atoms with Crippen LogP contribution in [0.1, 0.15) is 27.7 Å². The lowest BCUT2D eigenvalue weighted by atomic mass is 9.99. The first-order valence-electron chi connectivity index (χ1n) is 4.79. The van der Waals surface area contributed by atoms with E-state index in [4.69, 9.17) is 9.84 Å². The molecule has 0 aliphatic rings. The minimum atomic E-state index is -0.816. The smallest absolute Gasteiger partial charge is 0.320 e. The van der Waals surface area contributed by atoms with Gasteiger partial charge in [-0.15, -0.1) is 0 Å².